The molecule has 0 spiro atoms. The summed E-state index contributed by atoms with van der Waals surface area (Å²) in [6, 6.07) is 6.23. The van der Waals surface area contributed by atoms with E-state index >= 15 is 0 Å². The van der Waals surface area contributed by atoms with E-state index in [1.807, 2.05) is 6.07 Å². The zero-order valence-corrected chi connectivity index (χ0v) is 14.8. The summed E-state index contributed by atoms with van der Waals surface area (Å²) >= 11 is 0. The second kappa shape index (κ2) is 8.20. The van der Waals surface area contributed by atoms with Crippen LogP contribution in [0.1, 0.15) is 18.9 Å². The van der Waals surface area contributed by atoms with E-state index in [0.717, 1.165) is 50.8 Å². The van der Waals surface area contributed by atoms with Gasteiger partial charge in [-0.15, -0.1) is 12.4 Å². The smallest absolute Gasteiger partial charge is 0.231 e. The van der Waals surface area contributed by atoms with Crippen LogP contribution >= 0.6 is 12.4 Å². The first-order chi connectivity index (χ1) is 10.7. The van der Waals surface area contributed by atoms with Crippen LogP contribution in [0.25, 0.3) is 0 Å². The molecule has 6 heteroatoms. The number of hydrogen-bond donors (Lipinski definition) is 1. The first-order valence-corrected chi connectivity index (χ1v) is 7.99. The zero-order valence-electron chi connectivity index (χ0n) is 14.0. The second-order valence-electron chi connectivity index (χ2n) is 6.63. The number of rotatable bonds is 7. The first kappa shape index (κ1) is 18.3. The minimum absolute atomic E-state index is 0. The summed E-state index contributed by atoms with van der Waals surface area (Å²) in [7, 11) is 1.76. The minimum atomic E-state index is 0. The van der Waals surface area contributed by atoms with E-state index < -0.39 is 0 Å². The van der Waals surface area contributed by atoms with Crippen molar-refractivity contribution >= 4 is 12.4 Å². The molecule has 1 aromatic rings. The summed E-state index contributed by atoms with van der Waals surface area (Å²) in [5, 5.41) is 3.48. The van der Waals surface area contributed by atoms with Gasteiger partial charge in [0.2, 0.25) is 6.79 Å². The Labute approximate surface area is 144 Å². The van der Waals surface area contributed by atoms with Crippen molar-refractivity contribution in [3.63, 3.8) is 0 Å². The summed E-state index contributed by atoms with van der Waals surface area (Å²) in [4.78, 5) is 2.48. The van der Waals surface area contributed by atoms with E-state index in [1.165, 1.54) is 12.0 Å². The number of nitrogens with zero attached hydrogens (tertiary/aromatic N) is 1. The molecule has 1 N–H and O–H groups in total. The maximum atomic E-state index is 5.48. The number of hydrogen-bond acceptors (Lipinski definition) is 5. The predicted molar refractivity (Wildman–Crippen MR) is 92.6 cm³/mol. The average molecular weight is 343 g/mol. The van der Waals surface area contributed by atoms with Gasteiger partial charge < -0.3 is 19.5 Å². The molecule has 23 heavy (non-hydrogen) atoms. The van der Waals surface area contributed by atoms with Gasteiger partial charge in [0.05, 0.1) is 6.61 Å². The van der Waals surface area contributed by atoms with Crippen molar-refractivity contribution in [3.8, 4) is 11.5 Å². The van der Waals surface area contributed by atoms with E-state index in [0.29, 0.717) is 12.2 Å². The monoisotopic (exact) mass is 342 g/mol. The van der Waals surface area contributed by atoms with E-state index in [-0.39, 0.29) is 12.4 Å². The zero-order chi connectivity index (χ0) is 15.4. The second-order valence-corrected chi connectivity index (χ2v) is 6.63. The molecular formula is C17H27ClN2O3. The van der Waals surface area contributed by atoms with Gasteiger partial charge in [0.1, 0.15) is 0 Å². The number of ether oxygens (including phenoxy) is 3. The highest BCUT2D eigenvalue weighted by Gasteiger charge is 2.30. The van der Waals surface area contributed by atoms with Gasteiger partial charge in [-0.2, -0.15) is 0 Å². The summed E-state index contributed by atoms with van der Waals surface area (Å²) in [5.74, 6) is 1.71. The van der Waals surface area contributed by atoms with Gasteiger partial charge in [-0.25, -0.2) is 0 Å². The fraction of sp³-hybridized carbons (Fsp3) is 0.647. The van der Waals surface area contributed by atoms with Crippen LogP contribution in [0.2, 0.25) is 0 Å². The molecule has 5 nitrogen and oxygen atoms in total. The molecule has 0 aliphatic carbocycles. The topological polar surface area (TPSA) is 43.0 Å². The lowest BCUT2D eigenvalue weighted by atomic mass is 9.89. The predicted octanol–water partition coefficient (Wildman–Crippen LogP) is 2.29. The number of halogens is 1. The number of benzene rings is 1. The van der Waals surface area contributed by atoms with Gasteiger partial charge >= 0.3 is 0 Å². The van der Waals surface area contributed by atoms with Crippen LogP contribution in [0.3, 0.4) is 0 Å². The molecule has 0 saturated carbocycles. The Morgan fingerprint density at radius 1 is 1.30 bits per heavy atom. The minimum Gasteiger partial charge on any atom is -0.454 e. The number of methoxy groups -OCH3 is 1. The lowest BCUT2D eigenvalue weighted by Gasteiger charge is -2.32. The van der Waals surface area contributed by atoms with Crippen molar-refractivity contribution in [2.45, 2.75) is 19.9 Å². The third kappa shape index (κ3) is 4.73. The molecule has 2 aliphatic heterocycles. The van der Waals surface area contributed by atoms with Crippen molar-refractivity contribution in [2.75, 3.05) is 46.7 Å². The van der Waals surface area contributed by atoms with Crippen LogP contribution in [-0.4, -0.2) is 51.6 Å². The highest BCUT2D eigenvalue weighted by atomic mass is 35.5. The van der Waals surface area contributed by atoms with Gasteiger partial charge in [0.15, 0.2) is 11.5 Å². The lowest BCUT2D eigenvalue weighted by molar-refractivity contribution is 0.113. The third-order valence-electron chi connectivity index (χ3n) is 4.52. The van der Waals surface area contributed by atoms with Crippen LogP contribution < -0.4 is 14.8 Å². The van der Waals surface area contributed by atoms with Crippen molar-refractivity contribution in [2.24, 2.45) is 5.41 Å². The molecule has 0 amide bonds. The van der Waals surface area contributed by atoms with Gasteiger partial charge in [0.25, 0.3) is 0 Å². The fourth-order valence-corrected chi connectivity index (χ4v) is 3.28. The molecule has 2 heterocycles. The summed E-state index contributed by atoms with van der Waals surface area (Å²) < 4.78 is 16.1. The summed E-state index contributed by atoms with van der Waals surface area (Å²) in [6.45, 7) is 8.61. The van der Waals surface area contributed by atoms with Crippen molar-refractivity contribution in [3.05, 3.63) is 23.8 Å². The Morgan fingerprint density at radius 2 is 2.13 bits per heavy atom. The van der Waals surface area contributed by atoms with Crippen molar-refractivity contribution in [1.82, 2.24) is 10.2 Å². The largest absolute Gasteiger partial charge is 0.454 e. The Hall–Kier alpha value is -1.01. The Bertz CT molecular complexity index is 507. The summed E-state index contributed by atoms with van der Waals surface area (Å²) in [6.07, 6.45) is 1.23. The molecule has 0 radical (unpaired) electrons. The van der Waals surface area contributed by atoms with Crippen molar-refractivity contribution in [1.29, 1.82) is 0 Å². The fourth-order valence-electron chi connectivity index (χ4n) is 3.28. The van der Waals surface area contributed by atoms with E-state index in [4.69, 9.17) is 14.2 Å². The van der Waals surface area contributed by atoms with Gasteiger partial charge in [-0.1, -0.05) is 13.0 Å². The Balaban J connectivity index is 0.00000192. The molecule has 1 fully saturated rings. The van der Waals surface area contributed by atoms with Crippen LogP contribution in [0.4, 0.5) is 0 Å². The molecular weight excluding hydrogens is 316 g/mol. The quantitative estimate of drug-likeness (QED) is 0.823. The van der Waals surface area contributed by atoms with Gasteiger partial charge in [-0.3, -0.25) is 4.90 Å². The highest BCUT2D eigenvalue weighted by Crippen LogP contribution is 2.33. The van der Waals surface area contributed by atoms with Crippen LogP contribution in [0, 0.1) is 5.41 Å². The molecule has 0 aromatic heterocycles. The molecule has 130 valence electrons. The van der Waals surface area contributed by atoms with Crippen LogP contribution in [0.15, 0.2) is 18.2 Å². The third-order valence-corrected chi connectivity index (χ3v) is 4.52. The SMILES string of the molecule is COCCN(Cc1ccc2c(c1)OCO2)CC1(C)CCNC1.Cl. The molecule has 2 aliphatic rings. The molecule has 1 saturated heterocycles. The molecule has 1 aromatic carbocycles. The molecule has 1 unspecified atom stereocenters. The molecule has 0 bridgehead atoms. The average Bonchev–Trinajstić information content (AvgIpc) is 3.13. The van der Waals surface area contributed by atoms with E-state index in [1.54, 1.807) is 7.11 Å². The van der Waals surface area contributed by atoms with Crippen molar-refractivity contribution < 1.29 is 14.2 Å². The molecule has 1 atom stereocenters. The Kier molecular flexibility index (Phi) is 6.53. The van der Waals surface area contributed by atoms with Crippen LogP contribution in [-0.2, 0) is 11.3 Å². The summed E-state index contributed by atoms with van der Waals surface area (Å²) in [5.41, 5.74) is 1.61. The maximum absolute atomic E-state index is 5.48. The van der Waals surface area contributed by atoms with Gasteiger partial charge in [-0.05, 0) is 36.1 Å². The number of nitrogens with one attached hydrogen (secondary N) is 1. The first-order valence-electron chi connectivity index (χ1n) is 7.99. The van der Waals surface area contributed by atoms with E-state index in [9.17, 15) is 0 Å². The lowest BCUT2D eigenvalue weighted by Crippen LogP contribution is -2.38. The number of fused-ring (bicyclic) bond motifs is 1. The Morgan fingerprint density at radius 3 is 2.87 bits per heavy atom. The van der Waals surface area contributed by atoms with Crippen LogP contribution in [0.5, 0.6) is 11.5 Å². The normalized spacial score (nSPS) is 22.4. The van der Waals surface area contributed by atoms with Gasteiger partial charge in [0, 0.05) is 33.3 Å². The maximum Gasteiger partial charge on any atom is 0.231 e. The molecule has 3 rings (SSSR count). The highest BCUT2D eigenvalue weighted by molar-refractivity contribution is 5.85. The standard InChI is InChI=1S/C17H26N2O3.ClH/c1-17(5-6-18-11-17)12-19(7-8-20-2)10-14-3-4-15-16(9-14)22-13-21-15;/h3-4,9,18H,5-8,10-13H2,1-2H3;1H. The van der Waals surface area contributed by atoms with E-state index in [2.05, 4.69) is 29.3 Å².